The molecule has 0 aliphatic heterocycles. The summed E-state index contributed by atoms with van der Waals surface area (Å²) in [5, 5.41) is 13.1. The zero-order valence-electron chi connectivity index (χ0n) is 19.8. The molecule has 0 atom stereocenters. The number of nitrogens with zero attached hydrogens (tertiary/aromatic N) is 2. The first-order chi connectivity index (χ1) is 16.2. The van der Waals surface area contributed by atoms with Crippen LogP contribution in [0.2, 0.25) is 0 Å². The van der Waals surface area contributed by atoms with Crippen LogP contribution in [0.5, 0.6) is 0 Å². The Morgan fingerprint density at radius 3 is 2.44 bits per heavy atom. The molecular weight excluding hydrogens is 434 g/mol. The Morgan fingerprint density at radius 1 is 1.06 bits per heavy atom. The Hall–Kier alpha value is -4.14. The van der Waals surface area contributed by atoms with E-state index in [0.29, 0.717) is 46.0 Å². The van der Waals surface area contributed by atoms with Gasteiger partial charge in [0.25, 0.3) is 11.6 Å². The number of benzene rings is 1. The lowest BCUT2D eigenvalue weighted by molar-refractivity contribution is 0.0952. The third kappa shape index (κ3) is 4.93. The van der Waals surface area contributed by atoms with E-state index in [2.05, 4.69) is 26.1 Å². The lowest BCUT2D eigenvalue weighted by Crippen LogP contribution is -2.34. The fraction of sp³-hybridized carbons (Fsp3) is 0.280. The summed E-state index contributed by atoms with van der Waals surface area (Å²) in [5.74, 6) is 1.20. The van der Waals surface area contributed by atoms with Crippen molar-refractivity contribution < 1.29 is 18.5 Å². The van der Waals surface area contributed by atoms with Crippen molar-refractivity contribution in [1.82, 2.24) is 20.8 Å². The molecular formula is C25H27N5O4. The molecule has 0 radical (unpaired) electrons. The van der Waals surface area contributed by atoms with Crippen molar-refractivity contribution in [2.24, 2.45) is 0 Å². The van der Waals surface area contributed by atoms with Gasteiger partial charge in [0, 0.05) is 23.8 Å². The van der Waals surface area contributed by atoms with E-state index in [0.717, 1.165) is 16.9 Å². The van der Waals surface area contributed by atoms with E-state index >= 15 is 0 Å². The van der Waals surface area contributed by atoms with Gasteiger partial charge in [0.1, 0.15) is 11.5 Å². The van der Waals surface area contributed by atoms with E-state index < -0.39 is 0 Å². The Balaban J connectivity index is 1.52. The quantitative estimate of drug-likeness (QED) is 0.377. The zero-order valence-corrected chi connectivity index (χ0v) is 19.8. The van der Waals surface area contributed by atoms with Crippen molar-refractivity contribution >= 4 is 28.7 Å². The highest BCUT2D eigenvalue weighted by molar-refractivity contribution is 6.07. The molecule has 9 nitrogen and oxygen atoms in total. The summed E-state index contributed by atoms with van der Waals surface area (Å²) < 4.78 is 11.0. The van der Waals surface area contributed by atoms with E-state index in [1.807, 2.05) is 45.9 Å². The largest absolute Gasteiger partial charge is 0.466 e. The number of aromatic nitrogens is 2. The van der Waals surface area contributed by atoms with Crippen LogP contribution >= 0.6 is 0 Å². The third-order valence-corrected chi connectivity index (χ3v) is 5.26. The number of hydrogen-bond donors (Lipinski definition) is 3. The monoisotopic (exact) mass is 461 g/mol. The van der Waals surface area contributed by atoms with Crippen LogP contribution in [0, 0.1) is 20.8 Å². The highest BCUT2D eigenvalue weighted by Crippen LogP contribution is 2.30. The lowest BCUT2D eigenvalue weighted by Gasteiger charge is -2.11. The number of furan rings is 1. The molecule has 0 fully saturated rings. The molecule has 0 aliphatic carbocycles. The number of urea groups is 1. The predicted octanol–water partition coefficient (Wildman–Crippen LogP) is 4.87. The number of fused-ring (bicyclic) bond motifs is 1. The summed E-state index contributed by atoms with van der Waals surface area (Å²) >= 11 is 0. The molecule has 3 aromatic heterocycles. The summed E-state index contributed by atoms with van der Waals surface area (Å²) in [6, 6.07) is 10.7. The number of nitrogens with one attached hydrogen (secondary N) is 3. The second-order valence-corrected chi connectivity index (χ2v) is 8.46. The fourth-order valence-electron chi connectivity index (χ4n) is 3.71. The van der Waals surface area contributed by atoms with Gasteiger partial charge >= 0.3 is 6.03 Å². The van der Waals surface area contributed by atoms with Crippen LogP contribution in [0.15, 0.2) is 45.3 Å². The Kier molecular flexibility index (Phi) is 6.36. The highest BCUT2D eigenvalue weighted by Gasteiger charge is 2.21. The molecule has 3 heterocycles. The molecule has 0 aliphatic rings. The summed E-state index contributed by atoms with van der Waals surface area (Å²) in [7, 11) is 0. The van der Waals surface area contributed by atoms with Crippen LogP contribution in [0.25, 0.3) is 22.4 Å². The number of anilines is 1. The van der Waals surface area contributed by atoms with Crippen molar-refractivity contribution in [2.75, 3.05) is 5.32 Å². The summed E-state index contributed by atoms with van der Waals surface area (Å²) in [4.78, 5) is 29.6. The maximum atomic E-state index is 13.2. The summed E-state index contributed by atoms with van der Waals surface area (Å²) in [6.45, 7) is 9.58. The maximum Gasteiger partial charge on any atom is 0.319 e. The molecule has 34 heavy (non-hydrogen) atoms. The maximum absolute atomic E-state index is 13.2. The summed E-state index contributed by atoms with van der Waals surface area (Å²) in [5.41, 5.74) is 4.26. The molecule has 0 spiro atoms. The second-order valence-electron chi connectivity index (χ2n) is 8.46. The molecule has 0 unspecified atom stereocenters. The molecule has 0 saturated carbocycles. The average Bonchev–Trinajstić information content (AvgIpc) is 3.32. The van der Waals surface area contributed by atoms with Crippen LogP contribution in [0.4, 0.5) is 10.5 Å². The minimum absolute atomic E-state index is 0.0464. The van der Waals surface area contributed by atoms with E-state index in [4.69, 9.17) is 8.94 Å². The van der Waals surface area contributed by atoms with Gasteiger partial charge in [-0.25, -0.2) is 9.78 Å². The number of carbonyl (C=O) groups is 2. The molecule has 9 heteroatoms. The first-order valence-corrected chi connectivity index (χ1v) is 11.0. The van der Waals surface area contributed by atoms with E-state index in [-0.39, 0.29) is 18.0 Å². The molecule has 0 saturated heterocycles. The van der Waals surface area contributed by atoms with Crippen molar-refractivity contribution in [3.63, 3.8) is 0 Å². The summed E-state index contributed by atoms with van der Waals surface area (Å²) in [6.07, 6.45) is 0. The number of pyridine rings is 1. The minimum atomic E-state index is -0.267. The van der Waals surface area contributed by atoms with Gasteiger partial charge in [-0.1, -0.05) is 17.3 Å². The number of amides is 3. The van der Waals surface area contributed by atoms with Crippen molar-refractivity contribution in [3.05, 3.63) is 64.7 Å². The molecule has 176 valence electrons. The molecule has 1 aromatic carbocycles. The van der Waals surface area contributed by atoms with E-state index in [9.17, 15) is 9.59 Å². The van der Waals surface area contributed by atoms with Gasteiger partial charge in [-0.3, -0.25) is 4.79 Å². The lowest BCUT2D eigenvalue weighted by atomic mass is 10.1. The Morgan fingerprint density at radius 2 is 1.79 bits per heavy atom. The predicted molar refractivity (Wildman–Crippen MR) is 129 cm³/mol. The van der Waals surface area contributed by atoms with Gasteiger partial charge in [0.05, 0.1) is 22.3 Å². The average molecular weight is 462 g/mol. The number of rotatable bonds is 6. The van der Waals surface area contributed by atoms with Crippen molar-refractivity contribution in [2.45, 2.75) is 47.2 Å². The van der Waals surface area contributed by atoms with E-state index in [1.54, 1.807) is 25.1 Å². The minimum Gasteiger partial charge on any atom is -0.466 e. The Labute approximate surface area is 196 Å². The van der Waals surface area contributed by atoms with Crippen LogP contribution in [-0.2, 0) is 6.54 Å². The van der Waals surface area contributed by atoms with Crippen molar-refractivity contribution in [1.29, 1.82) is 0 Å². The third-order valence-electron chi connectivity index (χ3n) is 5.26. The van der Waals surface area contributed by atoms with Crippen LogP contribution < -0.4 is 16.0 Å². The molecule has 4 aromatic rings. The number of aryl methyl sites for hydroxylation is 3. The van der Waals surface area contributed by atoms with Gasteiger partial charge in [-0.2, -0.15) is 0 Å². The van der Waals surface area contributed by atoms with Gasteiger partial charge in [-0.15, -0.1) is 0 Å². The second kappa shape index (κ2) is 9.38. The normalized spacial score (nSPS) is 11.1. The number of hydrogen-bond acceptors (Lipinski definition) is 6. The van der Waals surface area contributed by atoms with Gasteiger partial charge in [0.2, 0.25) is 0 Å². The van der Waals surface area contributed by atoms with Gasteiger partial charge in [-0.05, 0) is 64.4 Å². The van der Waals surface area contributed by atoms with Gasteiger partial charge in [0.15, 0.2) is 0 Å². The van der Waals surface area contributed by atoms with Crippen LogP contribution in [0.1, 0.15) is 47.0 Å². The smallest absolute Gasteiger partial charge is 0.319 e. The standard InChI is InChI=1S/C25H27N5O4/c1-13(2)27-25(32)28-18-8-6-17(7-9-18)12-26-23(31)20-11-21(19-10-14(3)33-16(19)5)29-24-22(20)15(4)30-34-24/h6-11,13H,12H2,1-5H3,(H,26,31)(H2,27,28,32). The highest BCUT2D eigenvalue weighted by atomic mass is 16.5. The van der Waals surface area contributed by atoms with E-state index in [1.165, 1.54) is 0 Å². The zero-order chi connectivity index (χ0) is 24.4. The fourth-order valence-corrected chi connectivity index (χ4v) is 3.71. The molecule has 4 rings (SSSR count). The SMILES string of the molecule is Cc1cc(-c2cc(C(=O)NCc3ccc(NC(=O)NC(C)C)cc3)c3c(C)noc3n2)c(C)o1. The first kappa shape index (κ1) is 23.0. The molecule has 3 N–H and O–H groups in total. The first-order valence-electron chi connectivity index (χ1n) is 11.0. The van der Waals surface area contributed by atoms with Crippen LogP contribution in [-0.4, -0.2) is 28.1 Å². The topological polar surface area (TPSA) is 122 Å². The number of carbonyl (C=O) groups excluding carboxylic acids is 2. The van der Waals surface area contributed by atoms with Crippen LogP contribution in [0.3, 0.4) is 0 Å². The molecule has 0 bridgehead atoms. The van der Waals surface area contributed by atoms with Gasteiger partial charge < -0.3 is 24.9 Å². The van der Waals surface area contributed by atoms with Crippen molar-refractivity contribution in [3.8, 4) is 11.3 Å². The molecule has 3 amide bonds. The Bertz CT molecular complexity index is 1350.